The van der Waals surface area contributed by atoms with Gasteiger partial charge >= 0.3 is 0 Å². The molecule has 2 aliphatic rings. The van der Waals surface area contributed by atoms with Gasteiger partial charge in [-0.3, -0.25) is 0 Å². The second-order valence-corrected chi connectivity index (χ2v) is 5.59. The van der Waals surface area contributed by atoms with E-state index in [1.54, 1.807) is 7.11 Å². The lowest BCUT2D eigenvalue weighted by Gasteiger charge is -2.19. The molecule has 2 unspecified atom stereocenters. The summed E-state index contributed by atoms with van der Waals surface area (Å²) in [6.07, 6.45) is 7.39. The molecule has 2 atom stereocenters. The predicted octanol–water partition coefficient (Wildman–Crippen LogP) is 2.44. The van der Waals surface area contributed by atoms with Crippen LogP contribution in [0.3, 0.4) is 0 Å². The molecule has 0 heterocycles. The zero-order valence-corrected chi connectivity index (χ0v) is 10.2. The first-order valence-electron chi connectivity index (χ1n) is 6.47. The van der Waals surface area contributed by atoms with E-state index in [1.807, 2.05) is 0 Å². The summed E-state index contributed by atoms with van der Waals surface area (Å²) in [7, 11) is 1.77. The average Bonchev–Trinajstić information content (AvgIpc) is 2.72. The van der Waals surface area contributed by atoms with E-state index < -0.39 is 0 Å². The third-order valence-corrected chi connectivity index (χ3v) is 4.62. The lowest BCUT2D eigenvalue weighted by atomic mass is 9.87. The van der Waals surface area contributed by atoms with Crippen LogP contribution in [0.15, 0.2) is 0 Å². The molecule has 0 aromatic heterocycles. The molecule has 2 rings (SSSR count). The van der Waals surface area contributed by atoms with Crippen molar-refractivity contribution < 1.29 is 4.74 Å². The molecule has 2 heteroatoms. The van der Waals surface area contributed by atoms with E-state index in [9.17, 15) is 0 Å². The topological polar surface area (TPSA) is 21.3 Å². The van der Waals surface area contributed by atoms with E-state index in [4.69, 9.17) is 4.74 Å². The van der Waals surface area contributed by atoms with Crippen molar-refractivity contribution in [2.24, 2.45) is 17.3 Å². The van der Waals surface area contributed by atoms with E-state index in [0.29, 0.717) is 5.41 Å². The zero-order chi connectivity index (χ0) is 10.7. The molecular weight excluding hydrogens is 186 g/mol. The van der Waals surface area contributed by atoms with E-state index in [-0.39, 0.29) is 0 Å². The van der Waals surface area contributed by atoms with Crippen LogP contribution in [0.5, 0.6) is 0 Å². The van der Waals surface area contributed by atoms with Crippen LogP contribution in [0.4, 0.5) is 0 Å². The van der Waals surface area contributed by atoms with Gasteiger partial charge in [-0.05, 0) is 43.1 Å². The van der Waals surface area contributed by atoms with Crippen molar-refractivity contribution in [1.29, 1.82) is 0 Å². The highest BCUT2D eigenvalue weighted by molar-refractivity contribution is 5.04. The molecule has 2 fully saturated rings. The summed E-state index contributed by atoms with van der Waals surface area (Å²) in [5.41, 5.74) is 0.691. The third-order valence-electron chi connectivity index (χ3n) is 4.62. The Labute approximate surface area is 93.8 Å². The molecular formula is C13H25NO. The number of methoxy groups -OCH3 is 1. The maximum absolute atomic E-state index is 5.03. The Morgan fingerprint density at radius 2 is 2.07 bits per heavy atom. The van der Waals surface area contributed by atoms with Crippen LogP contribution in [-0.2, 0) is 4.74 Å². The van der Waals surface area contributed by atoms with Crippen LogP contribution in [-0.4, -0.2) is 26.8 Å². The SMILES string of the molecule is COCCNCC1CC1(C)C1CCCC1. The average molecular weight is 211 g/mol. The molecule has 1 N–H and O–H groups in total. The van der Waals surface area contributed by atoms with Crippen LogP contribution >= 0.6 is 0 Å². The van der Waals surface area contributed by atoms with Crippen LogP contribution in [0.1, 0.15) is 39.0 Å². The van der Waals surface area contributed by atoms with Gasteiger partial charge in [-0.1, -0.05) is 19.8 Å². The van der Waals surface area contributed by atoms with Gasteiger partial charge in [-0.2, -0.15) is 0 Å². The molecule has 0 radical (unpaired) electrons. The number of ether oxygens (including phenoxy) is 1. The Kier molecular flexibility index (Phi) is 3.68. The van der Waals surface area contributed by atoms with Gasteiger partial charge in [-0.15, -0.1) is 0 Å². The lowest BCUT2D eigenvalue weighted by Crippen LogP contribution is -2.24. The second kappa shape index (κ2) is 4.84. The number of hydrogen-bond acceptors (Lipinski definition) is 2. The molecule has 2 saturated carbocycles. The molecule has 2 nitrogen and oxygen atoms in total. The first kappa shape index (κ1) is 11.4. The van der Waals surface area contributed by atoms with Crippen LogP contribution in [0, 0.1) is 17.3 Å². The smallest absolute Gasteiger partial charge is 0.0587 e. The summed E-state index contributed by atoms with van der Waals surface area (Å²) < 4.78 is 5.03. The molecule has 88 valence electrons. The minimum Gasteiger partial charge on any atom is -0.383 e. The van der Waals surface area contributed by atoms with Crippen molar-refractivity contribution in [3.05, 3.63) is 0 Å². The highest BCUT2D eigenvalue weighted by Crippen LogP contribution is 2.61. The van der Waals surface area contributed by atoms with Crippen molar-refractivity contribution in [3.8, 4) is 0 Å². The first-order chi connectivity index (χ1) is 7.27. The van der Waals surface area contributed by atoms with Gasteiger partial charge in [-0.25, -0.2) is 0 Å². The summed E-state index contributed by atoms with van der Waals surface area (Å²) in [6.45, 7) is 5.56. The zero-order valence-electron chi connectivity index (χ0n) is 10.2. The minimum absolute atomic E-state index is 0.691. The summed E-state index contributed by atoms with van der Waals surface area (Å²) in [5, 5.41) is 3.50. The van der Waals surface area contributed by atoms with Crippen LogP contribution in [0.2, 0.25) is 0 Å². The van der Waals surface area contributed by atoms with Crippen molar-refractivity contribution in [3.63, 3.8) is 0 Å². The maximum Gasteiger partial charge on any atom is 0.0587 e. The molecule has 0 amide bonds. The lowest BCUT2D eigenvalue weighted by molar-refractivity contribution is 0.198. The Morgan fingerprint density at radius 1 is 1.33 bits per heavy atom. The Hall–Kier alpha value is -0.0800. The van der Waals surface area contributed by atoms with Gasteiger partial charge in [0, 0.05) is 13.7 Å². The van der Waals surface area contributed by atoms with Crippen LogP contribution in [0.25, 0.3) is 0 Å². The van der Waals surface area contributed by atoms with Gasteiger partial charge in [0.05, 0.1) is 6.61 Å². The third kappa shape index (κ3) is 2.54. The monoisotopic (exact) mass is 211 g/mol. The fourth-order valence-corrected chi connectivity index (χ4v) is 3.31. The molecule has 0 aromatic carbocycles. The second-order valence-electron chi connectivity index (χ2n) is 5.59. The minimum atomic E-state index is 0.691. The molecule has 0 saturated heterocycles. The number of nitrogens with one attached hydrogen (secondary N) is 1. The maximum atomic E-state index is 5.03. The quantitative estimate of drug-likeness (QED) is 0.681. The molecule has 0 aliphatic heterocycles. The molecule has 2 aliphatic carbocycles. The Morgan fingerprint density at radius 3 is 2.73 bits per heavy atom. The fourth-order valence-electron chi connectivity index (χ4n) is 3.31. The van der Waals surface area contributed by atoms with Crippen molar-refractivity contribution in [1.82, 2.24) is 5.32 Å². The molecule has 0 aromatic rings. The fraction of sp³-hybridized carbons (Fsp3) is 1.00. The van der Waals surface area contributed by atoms with Crippen LogP contribution < -0.4 is 5.32 Å². The van der Waals surface area contributed by atoms with E-state index in [0.717, 1.165) is 25.0 Å². The molecule has 15 heavy (non-hydrogen) atoms. The summed E-state index contributed by atoms with van der Waals surface area (Å²) in [6, 6.07) is 0. The normalized spacial score (nSPS) is 36.0. The standard InChI is InChI=1S/C13H25NO/c1-13(11-5-3-4-6-11)9-12(13)10-14-7-8-15-2/h11-12,14H,3-10H2,1-2H3. The highest BCUT2D eigenvalue weighted by atomic mass is 16.5. The first-order valence-corrected chi connectivity index (χ1v) is 6.47. The number of rotatable bonds is 6. The summed E-state index contributed by atoms with van der Waals surface area (Å²) in [4.78, 5) is 0. The van der Waals surface area contributed by atoms with Crippen molar-refractivity contribution >= 4 is 0 Å². The Bertz CT molecular complexity index is 201. The van der Waals surface area contributed by atoms with Gasteiger partial charge in [0.2, 0.25) is 0 Å². The summed E-state index contributed by atoms with van der Waals surface area (Å²) in [5.74, 6) is 1.98. The van der Waals surface area contributed by atoms with E-state index >= 15 is 0 Å². The van der Waals surface area contributed by atoms with Crippen molar-refractivity contribution in [2.45, 2.75) is 39.0 Å². The van der Waals surface area contributed by atoms with Gasteiger partial charge < -0.3 is 10.1 Å². The van der Waals surface area contributed by atoms with Gasteiger partial charge in [0.1, 0.15) is 0 Å². The van der Waals surface area contributed by atoms with E-state index in [1.165, 1.54) is 38.6 Å². The largest absolute Gasteiger partial charge is 0.383 e. The predicted molar refractivity (Wildman–Crippen MR) is 62.9 cm³/mol. The molecule has 0 bridgehead atoms. The summed E-state index contributed by atoms with van der Waals surface area (Å²) >= 11 is 0. The highest BCUT2D eigenvalue weighted by Gasteiger charge is 2.54. The van der Waals surface area contributed by atoms with Crippen molar-refractivity contribution in [2.75, 3.05) is 26.8 Å². The van der Waals surface area contributed by atoms with Gasteiger partial charge in [0.25, 0.3) is 0 Å². The number of hydrogen-bond donors (Lipinski definition) is 1. The molecule has 0 spiro atoms. The van der Waals surface area contributed by atoms with Gasteiger partial charge in [0.15, 0.2) is 0 Å². The van der Waals surface area contributed by atoms with E-state index in [2.05, 4.69) is 12.2 Å². The Balaban J connectivity index is 1.65.